The van der Waals surface area contributed by atoms with E-state index in [1.54, 1.807) is 0 Å². The highest BCUT2D eigenvalue weighted by Gasteiger charge is 2.77. The molecule has 0 spiro atoms. The van der Waals surface area contributed by atoms with Crippen LogP contribution in [0.1, 0.15) is 0 Å². The zero-order valence-corrected chi connectivity index (χ0v) is 10.3. The Balaban J connectivity index is 6.15. The number of alkyl halides is 8. The monoisotopic (exact) mass is 384 g/mol. The molecule has 24 heavy (non-hydrogen) atoms. The van der Waals surface area contributed by atoms with Gasteiger partial charge in [0.1, 0.15) is 0 Å². The molecule has 138 valence electrons. The third-order valence-corrected chi connectivity index (χ3v) is 2.22. The summed E-state index contributed by atoms with van der Waals surface area (Å²) >= 11 is 0. The van der Waals surface area contributed by atoms with Crippen molar-refractivity contribution in [2.75, 3.05) is 0 Å². The average Bonchev–Trinajstić information content (AvgIpc) is 2.43. The zero-order chi connectivity index (χ0) is 19.9. The number of carbonyl (C=O) groups excluding carboxylic acids is 3. The molecule has 0 amide bonds. The fraction of sp³-hybridized carbons (Fsp3) is 0.444. The second-order valence-electron chi connectivity index (χ2n) is 3.80. The van der Waals surface area contributed by atoms with Crippen molar-refractivity contribution in [3.05, 3.63) is 11.9 Å². The second-order valence-corrected chi connectivity index (χ2v) is 3.80. The minimum Gasteiger partial charge on any atom is -0.285 e. The van der Waals surface area contributed by atoms with Crippen LogP contribution in [0.25, 0.3) is 0 Å². The van der Waals surface area contributed by atoms with Crippen molar-refractivity contribution in [2.45, 2.75) is 23.7 Å². The Morgan fingerprint density at radius 2 is 0.833 bits per heavy atom. The molecule has 3 nitrogen and oxygen atoms in total. The number of carbonyl (C=O) groups is 3. The Labute approximate surface area is 121 Å². The molecule has 0 saturated heterocycles. The van der Waals surface area contributed by atoms with E-state index in [0.29, 0.717) is 0 Å². The topological polar surface area (TPSA) is 51.2 Å². The second kappa shape index (κ2) is 6.08. The van der Waals surface area contributed by atoms with Crippen LogP contribution < -0.4 is 0 Å². The predicted molar refractivity (Wildman–Crippen MR) is 46.3 cm³/mol. The zero-order valence-electron chi connectivity index (χ0n) is 10.3. The minimum absolute atomic E-state index is 4.09. The maximum Gasteiger partial charge on any atom is 0.399 e. The first-order chi connectivity index (χ1) is 10.4. The molecule has 0 aliphatic rings. The van der Waals surface area contributed by atoms with Gasteiger partial charge in [-0.15, -0.1) is 0 Å². The first-order valence-electron chi connectivity index (χ1n) is 4.88. The maximum atomic E-state index is 13.0. The molecule has 0 aromatic carbocycles. The molecule has 0 heterocycles. The van der Waals surface area contributed by atoms with E-state index >= 15 is 0 Å². The molecule has 0 rings (SSSR count). The van der Waals surface area contributed by atoms with Gasteiger partial charge in [0.2, 0.25) is 5.83 Å². The summed E-state index contributed by atoms with van der Waals surface area (Å²) in [6.45, 7) is 0. The van der Waals surface area contributed by atoms with Crippen LogP contribution in [-0.2, 0) is 14.4 Å². The van der Waals surface area contributed by atoms with Gasteiger partial charge < -0.3 is 0 Å². The van der Waals surface area contributed by atoms with Crippen molar-refractivity contribution in [2.24, 2.45) is 0 Å². The molecule has 15 heteroatoms. The van der Waals surface area contributed by atoms with Crippen molar-refractivity contribution in [3.8, 4) is 0 Å². The van der Waals surface area contributed by atoms with Gasteiger partial charge >= 0.3 is 35.8 Å². The van der Waals surface area contributed by atoms with Gasteiger partial charge in [-0.05, 0) is 0 Å². The van der Waals surface area contributed by atoms with E-state index < -0.39 is 53.2 Å². The van der Waals surface area contributed by atoms with Gasteiger partial charge in [0.25, 0.3) is 11.6 Å². The molecule has 0 aliphatic heterocycles. The van der Waals surface area contributed by atoms with Gasteiger partial charge in [-0.2, -0.15) is 52.7 Å². The molecule has 0 atom stereocenters. The van der Waals surface area contributed by atoms with Crippen molar-refractivity contribution in [1.82, 2.24) is 0 Å². The van der Waals surface area contributed by atoms with Crippen LogP contribution in [0, 0.1) is 0 Å². The number of rotatable bonds is 7. The van der Waals surface area contributed by atoms with Gasteiger partial charge in [-0.1, -0.05) is 0 Å². The molecule has 0 aromatic heterocycles. The lowest BCUT2D eigenvalue weighted by Gasteiger charge is -2.27. The maximum absolute atomic E-state index is 13.0. The summed E-state index contributed by atoms with van der Waals surface area (Å²) < 4.78 is 149. The Bertz CT molecular complexity index is 601. The van der Waals surface area contributed by atoms with E-state index in [1.165, 1.54) is 0 Å². The number of halogens is 12. The fourth-order valence-electron chi connectivity index (χ4n) is 0.987. The van der Waals surface area contributed by atoms with Crippen LogP contribution in [0.3, 0.4) is 0 Å². The molecule has 0 aliphatic carbocycles. The minimum atomic E-state index is -7.21. The van der Waals surface area contributed by atoms with E-state index in [0.717, 1.165) is 0 Å². The van der Waals surface area contributed by atoms with E-state index in [2.05, 4.69) is 0 Å². The van der Waals surface area contributed by atoms with Crippen LogP contribution in [0.2, 0.25) is 0 Å². The summed E-state index contributed by atoms with van der Waals surface area (Å²) in [5, 5.41) is 0. The number of hydrogen-bond acceptors (Lipinski definition) is 3. The molecule has 0 unspecified atom stereocenters. The Kier molecular flexibility index (Phi) is 5.55. The van der Waals surface area contributed by atoms with Crippen molar-refractivity contribution >= 4 is 17.6 Å². The summed E-state index contributed by atoms with van der Waals surface area (Å²) in [5.74, 6) is -41.1. The molecule has 0 N–H and O–H groups in total. The molecule has 0 fully saturated rings. The van der Waals surface area contributed by atoms with Gasteiger partial charge in [-0.3, -0.25) is 14.4 Å². The van der Waals surface area contributed by atoms with Crippen LogP contribution in [-0.4, -0.2) is 41.3 Å². The fourth-order valence-corrected chi connectivity index (χ4v) is 0.987. The smallest absolute Gasteiger partial charge is 0.285 e. The lowest BCUT2D eigenvalue weighted by atomic mass is 9.95. The number of ketones is 2. The SMILES string of the molecule is O=C(F)C(F)(F)C(=O)C(F)(F)C(F)(F)C(=O)C(F)(F)C(F)=C(F)F. The molecule has 0 radical (unpaired) electrons. The Morgan fingerprint density at radius 3 is 1.08 bits per heavy atom. The molecule has 0 bridgehead atoms. The number of hydrogen-bond donors (Lipinski definition) is 0. The molecule has 0 aromatic rings. The van der Waals surface area contributed by atoms with Crippen molar-refractivity contribution in [3.63, 3.8) is 0 Å². The summed E-state index contributed by atoms with van der Waals surface area (Å²) in [7, 11) is 0. The van der Waals surface area contributed by atoms with E-state index in [1.807, 2.05) is 0 Å². The molecule has 0 saturated carbocycles. The molecular weight excluding hydrogens is 384 g/mol. The van der Waals surface area contributed by atoms with Gasteiger partial charge in [-0.25, -0.2) is 0 Å². The average molecular weight is 384 g/mol. The van der Waals surface area contributed by atoms with Crippen molar-refractivity contribution < 1.29 is 67.1 Å². The van der Waals surface area contributed by atoms with E-state index in [4.69, 9.17) is 0 Å². The lowest BCUT2D eigenvalue weighted by molar-refractivity contribution is -0.230. The highest BCUT2D eigenvalue weighted by molar-refractivity contribution is 6.11. The van der Waals surface area contributed by atoms with Crippen LogP contribution >= 0.6 is 0 Å². The third-order valence-electron chi connectivity index (χ3n) is 2.22. The first kappa shape index (κ1) is 21.9. The highest BCUT2D eigenvalue weighted by atomic mass is 19.3. The van der Waals surface area contributed by atoms with Crippen molar-refractivity contribution in [1.29, 1.82) is 0 Å². The van der Waals surface area contributed by atoms with Crippen LogP contribution in [0.15, 0.2) is 11.9 Å². The highest BCUT2D eigenvalue weighted by Crippen LogP contribution is 2.45. The van der Waals surface area contributed by atoms with E-state index in [-0.39, 0.29) is 0 Å². The van der Waals surface area contributed by atoms with E-state index in [9.17, 15) is 67.1 Å². The summed E-state index contributed by atoms with van der Waals surface area (Å²) in [6.07, 6.45) is -4.09. The third kappa shape index (κ3) is 3.24. The summed E-state index contributed by atoms with van der Waals surface area (Å²) in [6, 6.07) is -4.21. The van der Waals surface area contributed by atoms with Gasteiger partial charge in [0, 0.05) is 0 Å². The Hall–Kier alpha value is -2.09. The number of allylic oxidation sites excluding steroid dienone is 1. The number of Topliss-reactive ketones (excluding diaryl/α,β-unsaturated/α-hetero) is 2. The normalized spacial score (nSPS) is 13.5. The largest absolute Gasteiger partial charge is 0.399 e. The Morgan fingerprint density at radius 1 is 0.542 bits per heavy atom. The first-order valence-corrected chi connectivity index (χ1v) is 4.88. The quantitative estimate of drug-likeness (QED) is 0.385. The predicted octanol–water partition coefficient (Wildman–Crippen LogP) is 3.24. The summed E-state index contributed by atoms with van der Waals surface area (Å²) in [4.78, 5) is 30.6. The summed E-state index contributed by atoms with van der Waals surface area (Å²) in [5.41, 5.74) is 0. The van der Waals surface area contributed by atoms with Gasteiger partial charge in [0.05, 0.1) is 0 Å². The van der Waals surface area contributed by atoms with Gasteiger partial charge in [0.15, 0.2) is 0 Å². The van der Waals surface area contributed by atoms with Crippen LogP contribution in [0.4, 0.5) is 52.7 Å². The van der Waals surface area contributed by atoms with Crippen LogP contribution in [0.5, 0.6) is 0 Å². The lowest BCUT2D eigenvalue weighted by Crippen LogP contribution is -2.61. The molecular formula is C9F12O3. The standard InChI is InChI=1S/C9F12O3/c10-1(2(11)12)6(14,15)3(22)8(18,19)9(20,21)4(23)7(16,17)5(13)24.